The normalized spacial score (nSPS) is 25.2. The third-order valence-electron chi connectivity index (χ3n) is 3.44. The Bertz CT molecular complexity index is 312. The number of hydrogen-bond acceptors (Lipinski definition) is 4. The number of β-amino-alcohol motifs (C(OH)–C–C–N with tert-alkyl or cyclic N) is 1. The molecule has 3 N–H and O–H groups in total. The van der Waals surface area contributed by atoms with Gasteiger partial charge < -0.3 is 15.1 Å². The first-order chi connectivity index (χ1) is 7.60. The molecule has 0 aromatic rings. The average molecular weight is 228 g/mol. The first-order valence-corrected chi connectivity index (χ1v) is 5.52. The summed E-state index contributed by atoms with van der Waals surface area (Å²) in [4.78, 5) is 24.7. The minimum atomic E-state index is -0.992. The lowest BCUT2D eigenvalue weighted by Gasteiger charge is -2.32. The number of hydrogen-bond donors (Lipinski definition) is 3. The predicted octanol–water partition coefficient (Wildman–Crippen LogP) is -0.796. The molecule has 6 heteroatoms. The summed E-state index contributed by atoms with van der Waals surface area (Å²) >= 11 is 0. The SMILES string of the molecule is O=C1NC(=O)C2(CCCC2)N1CC(O)CO. The lowest BCUT2D eigenvalue weighted by Crippen LogP contribution is -2.50. The van der Waals surface area contributed by atoms with E-state index >= 15 is 0 Å². The molecule has 0 aromatic heterocycles. The highest BCUT2D eigenvalue weighted by molar-refractivity contribution is 6.07. The van der Waals surface area contributed by atoms with Gasteiger partial charge in [0, 0.05) is 0 Å². The Morgan fingerprint density at radius 2 is 2.00 bits per heavy atom. The quantitative estimate of drug-likeness (QED) is 0.552. The second kappa shape index (κ2) is 4.03. The van der Waals surface area contributed by atoms with Gasteiger partial charge in [0.2, 0.25) is 0 Å². The minimum absolute atomic E-state index is 0.00801. The van der Waals surface area contributed by atoms with E-state index in [9.17, 15) is 14.7 Å². The highest BCUT2D eigenvalue weighted by atomic mass is 16.3. The van der Waals surface area contributed by atoms with Gasteiger partial charge >= 0.3 is 6.03 Å². The molecule has 2 fully saturated rings. The zero-order valence-electron chi connectivity index (χ0n) is 8.98. The maximum absolute atomic E-state index is 11.8. The number of urea groups is 1. The smallest absolute Gasteiger partial charge is 0.325 e. The number of aliphatic hydroxyl groups excluding tert-OH is 2. The second-order valence-electron chi connectivity index (χ2n) is 4.44. The van der Waals surface area contributed by atoms with Crippen molar-refractivity contribution in [2.24, 2.45) is 0 Å². The van der Waals surface area contributed by atoms with Crippen LogP contribution in [0.15, 0.2) is 0 Å². The molecular weight excluding hydrogens is 212 g/mol. The Kier molecular flexibility index (Phi) is 2.86. The second-order valence-corrected chi connectivity index (χ2v) is 4.44. The Labute approximate surface area is 93.2 Å². The summed E-state index contributed by atoms with van der Waals surface area (Å²) < 4.78 is 0. The number of nitrogens with zero attached hydrogens (tertiary/aromatic N) is 1. The van der Waals surface area contributed by atoms with E-state index in [0.717, 1.165) is 12.8 Å². The number of aliphatic hydroxyl groups is 2. The van der Waals surface area contributed by atoms with Crippen molar-refractivity contribution in [3.63, 3.8) is 0 Å². The molecule has 6 nitrogen and oxygen atoms in total. The first-order valence-electron chi connectivity index (χ1n) is 5.52. The molecule has 1 aliphatic heterocycles. The summed E-state index contributed by atoms with van der Waals surface area (Å²) in [6.07, 6.45) is 2.11. The summed E-state index contributed by atoms with van der Waals surface area (Å²) in [5.41, 5.74) is -0.771. The van der Waals surface area contributed by atoms with Crippen molar-refractivity contribution in [3.8, 4) is 0 Å². The Morgan fingerprint density at radius 1 is 1.38 bits per heavy atom. The molecule has 90 valence electrons. The van der Waals surface area contributed by atoms with Crippen molar-refractivity contribution in [3.05, 3.63) is 0 Å². The van der Waals surface area contributed by atoms with Crippen LogP contribution in [0.5, 0.6) is 0 Å². The molecular formula is C10H16N2O4. The topological polar surface area (TPSA) is 89.9 Å². The van der Waals surface area contributed by atoms with E-state index < -0.39 is 24.3 Å². The molecule has 1 saturated heterocycles. The van der Waals surface area contributed by atoms with E-state index in [1.165, 1.54) is 4.90 Å². The molecule has 1 unspecified atom stereocenters. The van der Waals surface area contributed by atoms with E-state index in [4.69, 9.17) is 5.11 Å². The Hall–Kier alpha value is -1.14. The number of amides is 3. The minimum Gasteiger partial charge on any atom is -0.394 e. The summed E-state index contributed by atoms with van der Waals surface area (Å²) in [6, 6.07) is -0.459. The Balaban J connectivity index is 2.19. The van der Waals surface area contributed by atoms with Crippen LogP contribution in [-0.4, -0.2) is 51.8 Å². The number of imide groups is 1. The molecule has 0 aromatic carbocycles. The van der Waals surface area contributed by atoms with Gasteiger partial charge in [-0.2, -0.15) is 0 Å². The van der Waals surface area contributed by atoms with Crippen LogP contribution in [0.2, 0.25) is 0 Å². The highest BCUT2D eigenvalue weighted by Crippen LogP contribution is 2.38. The van der Waals surface area contributed by atoms with E-state index in [1.807, 2.05) is 0 Å². The standard InChI is InChI=1S/C10H16N2O4/c13-6-7(14)5-12-9(16)11-8(15)10(12)3-1-2-4-10/h7,13-14H,1-6H2,(H,11,15,16). The summed E-state index contributed by atoms with van der Waals surface area (Å²) in [7, 11) is 0. The maximum atomic E-state index is 11.8. The van der Waals surface area contributed by atoms with Crippen molar-refractivity contribution in [2.45, 2.75) is 37.3 Å². The van der Waals surface area contributed by atoms with E-state index in [0.29, 0.717) is 12.8 Å². The van der Waals surface area contributed by atoms with Gasteiger partial charge in [0.05, 0.1) is 19.3 Å². The van der Waals surface area contributed by atoms with Gasteiger partial charge in [-0.05, 0) is 12.8 Å². The van der Waals surface area contributed by atoms with Crippen LogP contribution in [0, 0.1) is 0 Å². The molecule has 1 spiro atoms. The van der Waals surface area contributed by atoms with Crippen LogP contribution in [-0.2, 0) is 4.79 Å². The molecule has 1 saturated carbocycles. The molecule has 2 rings (SSSR count). The molecule has 2 aliphatic rings. The zero-order chi connectivity index (χ0) is 11.8. The average Bonchev–Trinajstić information content (AvgIpc) is 2.82. The Morgan fingerprint density at radius 3 is 2.56 bits per heavy atom. The summed E-state index contributed by atoms with van der Waals surface area (Å²) in [6.45, 7) is -0.401. The number of rotatable bonds is 3. The molecule has 1 aliphatic carbocycles. The summed E-state index contributed by atoms with van der Waals surface area (Å²) in [5.74, 6) is -0.264. The van der Waals surface area contributed by atoms with Crippen LogP contribution in [0.1, 0.15) is 25.7 Å². The third-order valence-corrected chi connectivity index (χ3v) is 3.44. The van der Waals surface area contributed by atoms with Gasteiger partial charge in [0.25, 0.3) is 5.91 Å². The monoisotopic (exact) mass is 228 g/mol. The lowest BCUT2D eigenvalue weighted by molar-refractivity contribution is -0.126. The molecule has 0 radical (unpaired) electrons. The maximum Gasteiger partial charge on any atom is 0.325 e. The largest absolute Gasteiger partial charge is 0.394 e. The zero-order valence-corrected chi connectivity index (χ0v) is 8.98. The fraction of sp³-hybridized carbons (Fsp3) is 0.800. The van der Waals surface area contributed by atoms with Gasteiger partial charge in [-0.1, -0.05) is 12.8 Å². The van der Waals surface area contributed by atoms with Gasteiger partial charge in [0.15, 0.2) is 0 Å². The number of carbonyl (C=O) groups is 2. The van der Waals surface area contributed by atoms with E-state index in [1.54, 1.807) is 0 Å². The fourth-order valence-electron chi connectivity index (χ4n) is 2.58. The van der Waals surface area contributed by atoms with Crippen molar-refractivity contribution in [1.29, 1.82) is 0 Å². The number of nitrogens with one attached hydrogen (secondary N) is 1. The van der Waals surface area contributed by atoms with Crippen molar-refractivity contribution in [1.82, 2.24) is 10.2 Å². The van der Waals surface area contributed by atoms with Crippen molar-refractivity contribution < 1.29 is 19.8 Å². The van der Waals surface area contributed by atoms with Crippen LogP contribution in [0.4, 0.5) is 4.79 Å². The van der Waals surface area contributed by atoms with Crippen LogP contribution >= 0.6 is 0 Å². The van der Waals surface area contributed by atoms with Crippen molar-refractivity contribution in [2.75, 3.05) is 13.2 Å². The van der Waals surface area contributed by atoms with E-state index in [-0.39, 0.29) is 12.5 Å². The van der Waals surface area contributed by atoms with E-state index in [2.05, 4.69) is 5.32 Å². The predicted molar refractivity (Wildman–Crippen MR) is 54.5 cm³/mol. The molecule has 1 atom stereocenters. The molecule has 3 amide bonds. The fourth-order valence-corrected chi connectivity index (χ4v) is 2.58. The van der Waals surface area contributed by atoms with Gasteiger partial charge in [-0.3, -0.25) is 10.1 Å². The van der Waals surface area contributed by atoms with Crippen molar-refractivity contribution >= 4 is 11.9 Å². The molecule has 16 heavy (non-hydrogen) atoms. The van der Waals surface area contributed by atoms with Gasteiger partial charge in [-0.15, -0.1) is 0 Å². The van der Waals surface area contributed by atoms with Crippen LogP contribution in [0.3, 0.4) is 0 Å². The molecule has 1 heterocycles. The first kappa shape index (κ1) is 11.3. The number of carbonyl (C=O) groups excluding carboxylic acids is 2. The van der Waals surface area contributed by atoms with Crippen LogP contribution < -0.4 is 5.32 Å². The third kappa shape index (κ3) is 1.58. The van der Waals surface area contributed by atoms with Gasteiger partial charge in [-0.25, -0.2) is 4.79 Å². The highest BCUT2D eigenvalue weighted by Gasteiger charge is 2.54. The van der Waals surface area contributed by atoms with Crippen LogP contribution in [0.25, 0.3) is 0 Å². The lowest BCUT2D eigenvalue weighted by atomic mass is 9.96. The summed E-state index contributed by atoms with van der Waals surface area (Å²) in [5, 5.41) is 20.5. The van der Waals surface area contributed by atoms with Gasteiger partial charge in [0.1, 0.15) is 5.54 Å². The molecule has 0 bridgehead atoms.